The highest BCUT2D eigenvalue weighted by Crippen LogP contribution is 2.27. The number of aliphatic hydroxyl groups excluding tert-OH is 2. The second-order valence-corrected chi connectivity index (χ2v) is 9.68. The third-order valence-corrected chi connectivity index (χ3v) is 7.06. The highest BCUT2D eigenvalue weighted by Gasteiger charge is 2.25. The van der Waals surface area contributed by atoms with Gasteiger partial charge in [-0.2, -0.15) is 17.7 Å². The molecule has 2 heterocycles. The fraction of sp³-hybridized carbons (Fsp3) is 0.474. The van der Waals surface area contributed by atoms with Crippen molar-refractivity contribution in [1.82, 2.24) is 14.3 Å². The van der Waals surface area contributed by atoms with Crippen LogP contribution in [0.5, 0.6) is 5.88 Å². The number of benzene rings is 1. The van der Waals surface area contributed by atoms with Gasteiger partial charge in [-0.05, 0) is 13.0 Å². The molecule has 1 saturated heterocycles. The van der Waals surface area contributed by atoms with E-state index in [1.165, 1.54) is 29.4 Å². The first kappa shape index (κ1) is 25.5. The average Bonchev–Trinajstić information content (AvgIpc) is 2.79. The van der Waals surface area contributed by atoms with Crippen molar-refractivity contribution in [3.63, 3.8) is 0 Å². The Labute approximate surface area is 194 Å². The predicted octanol–water partition coefficient (Wildman–Crippen LogP) is 1.16. The van der Waals surface area contributed by atoms with Gasteiger partial charge in [0.15, 0.2) is 16.8 Å². The fourth-order valence-electron chi connectivity index (χ4n) is 2.78. The molecule has 0 radical (unpaired) electrons. The summed E-state index contributed by atoms with van der Waals surface area (Å²) in [6, 6.07) is 5.01. The van der Waals surface area contributed by atoms with E-state index in [-0.39, 0.29) is 54.5 Å². The SMILES string of the molecule is CC(Oc1cc(NS(=O)(=O)N2CCOCC2)nc(SCc2cccc(F)c2F)n1)C(O)CO. The Kier molecular flexibility index (Phi) is 8.78. The minimum atomic E-state index is -3.95. The molecular weight excluding hydrogens is 482 g/mol. The quantitative estimate of drug-likeness (QED) is 0.321. The zero-order valence-corrected chi connectivity index (χ0v) is 19.3. The molecular formula is C19H24F2N4O6S2. The van der Waals surface area contributed by atoms with Crippen molar-refractivity contribution in [2.45, 2.75) is 30.0 Å². The lowest BCUT2D eigenvalue weighted by molar-refractivity contribution is 0.00599. The summed E-state index contributed by atoms with van der Waals surface area (Å²) in [5.74, 6) is -2.20. The van der Waals surface area contributed by atoms with Crippen molar-refractivity contribution >= 4 is 27.8 Å². The van der Waals surface area contributed by atoms with E-state index in [1.807, 2.05) is 0 Å². The lowest BCUT2D eigenvalue weighted by Crippen LogP contribution is -2.43. The summed E-state index contributed by atoms with van der Waals surface area (Å²) < 4.78 is 67.1. The van der Waals surface area contributed by atoms with E-state index in [9.17, 15) is 22.3 Å². The number of rotatable bonds is 10. The third-order valence-electron chi connectivity index (χ3n) is 4.65. The number of hydrogen-bond donors (Lipinski definition) is 3. The summed E-state index contributed by atoms with van der Waals surface area (Å²) in [4.78, 5) is 8.30. The minimum Gasteiger partial charge on any atom is -0.472 e. The third kappa shape index (κ3) is 6.94. The highest BCUT2D eigenvalue weighted by atomic mass is 32.2. The van der Waals surface area contributed by atoms with Crippen LogP contribution in [0.2, 0.25) is 0 Å². The molecule has 10 nitrogen and oxygen atoms in total. The molecule has 0 aliphatic carbocycles. The van der Waals surface area contributed by atoms with Gasteiger partial charge in [0.05, 0.1) is 19.8 Å². The Morgan fingerprint density at radius 3 is 2.73 bits per heavy atom. The van der Waals surface area contributed by atoms with E-state index in [0.717, 1.165) is 17.8 Å². The van der Waals surface area contributed by atoms with E-state index in [2.05, 4.69) is 14.7 Å². The monoisotopic (exact) mass is 506 g/mol. The molecule has 1 aliphatic rings. The molecule has 1 aliphatic heterocycles. The Bertz CT molecular complexity index is 1060. The normalized spacial score (nSPS) is 16.9. The zero-order chi connectivity index (χ0) is 24.0. The standard InChI is InChI=1S/C19H24F2N4O6S2/c1-12(15(27)10-26)31-17-9-16(24-33(28,29)25-5-7-30-8-6-25)22-19(23-17)32-11-13-3-2-4-14(20)18(13)21/h2-4,9,12,15,26-27H,5-8,10-11H2,1H3,(H,22,23,24). The van der Waals surface area contributed by atoms with Crippen LogP contribution in [0.25, 0.3) is 0 Å². The molecule has 1 aromatic carbocycles. The first-order valence-corrected chi connectivity index (χ1v) is 12.4. The molecule has 2 atom stereocenters. The predicted molar refractivity (Wildman–Crippen MR) is 116 cm³/mol. The van der Waals surface area contributed by atoms with Gasteiger partial charge in [-0.15, -0.1) is 0 Å². The Morgan fingerprint density at radius 1 is 1.30 bits per heavy atom. The summed E-state index contributed by atoms with van der Waals surface area (Å²) in [6.45, 7) is 1.80. The van der Waals surface area contributed by atoms with Crippen LogP contribution in [0.15, 0.2) is 29.4 Å². The van der Waals surface area contributed by atoms with E-state index < -0.39 is 40.7 Å². The summed E-state index contributed by atoms with van der Waals surface area (Å²) >= 11 is 0.938. The Balaban J connectivity index is 1.84. The van der Waals surface area contributed by atoms with Gasteiger partial charge in [0.1, 0.15) is 18.0 Å². The Hall–Kier alpha value is -2.10. The molecule has 0 saturated carbocycles. The lowest BCUT2D eigenvalue weighted by Gasteiger charge is -2.26. The summed E-state index contributed by atoms with van der Waals surface area (Å²) in [7, 11) is -3.95. The van der Waals surface area contributed by atoms with Crippen molar-refractivity contribution in [3.8, 4) is 5.88 Å². The Morgan fingerprint density at radius 2 is 2.03 bits per heavy atom. The molecule has 0 bridgehead atoms. The van der Waals surface area contributed by atoms with E-state index in [4.69, 9.17) is 14.6 Å². The van der Waals surface area contributed by atoms with E-state index >= 15 is 0 Å². The zero-order valence-electron chi connectivity index (χ0n) is 17.6. The number of hydrogen-bond acceptors (Lipinski definition) is 9. The first-order valence-electron chi connectivity index (χ1n) is 9.95. The first-order chi connectivity index (χ1) is 15.7. The summed E-state index contributed by atoms with van der Waals surface area (Å²) in [5.41, 5.74) is 0.0782. The maximum Gasteiger partial charge on any atom is 0.302 e. The van der Waals surface area contributed by atoms with Gasteiger partial charge in [0, 0.05) is 30.5 Å². The second-order valence-electron chi connectivity index (χ2n) is 7.07. The summed E-state index contributed by atoms with van der Waals surface area (Å²) in [6.07, 6.45) is -2.07. The minimum absolute atomic E-state index is 0.0292. The van der Waals surface area contributed by atoms with Crippen molar-refractivity contribution in [3.05, 3.63) is 41.5 Å². The summed E-state index contributed by atoms with van der Waals surface area (Å²) in [5, 5.41) is 18.9. The number of aromatic nitrogens is 2. The fourth-order valence-corrected chi connectivity index (χ4v) is 4.74. The van der Waals surface area contributed by atoms with Crippen LogP contribution in [-0.2, 0) is 20.7 Å². The molecule has 2 unspecified atom stereocenters. The average molecular weight is 507 g/mol. The van der Waals surface area contributed by atoms with Crippen molar-refractivity contribution in [2.75, 3.05) is 37.6 Å². The molecule has 0 amide bonds. The van der Waals surface area contributed by atoms with Crippen molar-refractivity contribution in [1.29, 1.82) is 0 Å². The van der Waals surface area contributed by atoms with Crippen LogP contribution in [0.1, 0.15) is 12.5 Å². The molecule has 3 N–H and O–H groups in total. The smallest absolute Gasteiger partial charge is 0.302 e. The second kappa shape index (κ2) is 11.4. The van der Waals surface area contributed by atoms with Gasteiger partial charge in [0.2, 0.25) is 5.88 Å². The number of anilines is 1. The topological polar surface area (TPSA) is 134 Å². The molecule has 14 heteroatoms. The molecule has 33 heavy (non-hydrogen) atoms. The van der Waals surface area contributed by atoms with Gasteiger partial charge >= 0.3 is 10.2 Å². The number of morpholine rings is 1. The van der Waals surface area contributed by atoms with Gasteiger partial charge in [-0.25, -0.2) is 13.8 Å². The van der Waals surface area contributed by atoms with E-state index in [1.54, 1.807) is 0 Å². The highest BCUT2D eigenvalue weighted by molar-refractivity contribution is 7.98. The molecule has 1 fully saturated rings. The van der Waals surface area contributed by atoms with Crippen molar-refractivity contribution < 1.29 is 36.9 Å². The van der Waals surface area contributed by atoms with E-state index in [0.29, 0.717) is 0 Å². The van der Waals surface area contributed by atoms with Crippen LogP contribution in [-0.4, -0.2) is 78.0 Å². The largest absolute Gasteiger partial charge is 0.472 e. The van der Waals surface area contributed by atoms with Gasteiger partial charge in [0.25, 0.3) is 0 Å². The lowest BCUT2D eigenvalue weighted by atomic mass is 10.2. The van der Waals surface area contributed by atoms with Gasteiger partial charge in [-0.1, -0.05) is 23.9 Å². The molecule has 0 spiro atoms. The van der Waals surface area contributed by atoms with Crippen LogP contribution in [0.4, 0.5) is 14.6 Å². The van der Waals surface area contributed by atoms with Crippen LogP contribution in [0, 0.1) is 11.6 Å². The number of nitrogens with one attached hydrogen (secondary N) is 1. The number of thioether (sulfide) groups is 1. The molecule has 2 aromatic rings. The van der Waals surface area contributed by atoms with Crippen LogP contribution < -0.4 is 9.46 Å². The number of aliphatic hydroxyl groups is 2. The maximum absolute atomic E-state index is 14.0. The van der Waals surface area contributed by atoms with Gasteiger partial charge < -0.3 is 19.7 Å². The van der Waals surface area contributed by atoms with Crippen LogP contribution in [0.3, 0.4) is 0 Å². The van der Waals surface area contributed by atoms with Crippen LogP contribution >= 0.6 is 11.8 Å². The van der Waals surface area contributed by atoms with Crippen molar-refractivity contribution in [2.24, 2.45) is 0 Å². The van der Waals surface area contributed by atoms with Gasteiger partial charge in [-0.3, -0.25) is 4.72 Å². The maximum atomic E-state index is 14.0. The molecule has 3 rings (SSSR count). The molecule has 1 aromatic heterocycles. The molecule has 182 valence electrons. The number of nitrogens with zero attached hydrogens (tertiary/aromatic N) is 3. The number of halogens is 2. The number of ether oxygens (including phenoxy) is 2.